The third-order valence-electron chi connectivity index (χ3n) is 8.53. The van der Waals surface area contributed by atoms with Gasteiger partial charge in [0.2, 0.25) is 29.5 Å². The van der Waals surface area contributed by atoms with Crippen LogP contribution < -0.4 is 38.1 Å². The summed E-state index contributed by atoms with van der Waals surface area (Å²) in [5, 5.41) is 25.2. The predicted octanol–water partition coefficient (Wildman–Crippen LogP) is -0.581. The average molecular weight is 711 g/mol. The Morgan fingerprint density at radius 1 is 0.731 bits per heavy atom. The Bertz CT molecular complexity index is 1910. The van der Waals surface area contributed by atoms with Crippen molar-refractivity contribution in [1.82, 2.24) is 36.6 Å². The molecule has 11 N–H and O–H groups in total. The van der Waals surface area contributed by atoms with E-state index in [2.05, 4.69) is 41.5 Å². The van der Waals surface area contributed by atoms with Crippen LogP contribution in [0.5, 0.6) is 5.75 Å². The highest BCUT2D eigenvalue weighted by Crippen LogP contribution is 2.17. The number of aromatic amines is 1. The molecule has 0 unspecified atom stereocenters. The van der Waals surface area contributed by atoms with Crippen LogP contribution in [-0.4, -0.2) is 87.8 Å². The van der Waals surface area contributed by atoms with Gasteiger partial charge in [0.05, 0.1) is 12.9 Å². The molecule has 1 aromatic heterocycles. The number of hydrogen-bond acceptors (Lipinski definition) is 8. The highest BCUT2D eigenvalue weighted by Gasteiger charge is 2.33. The largest absolute Gasteiger partial charge is 0.508 e. The molecule has 5 rings (SSSR count). The van der Waals surface area contributed by atoms with E-state index in [4.69, 9.17) is 11.5 Å². The van der Waals surface area contributed by atoms with Gasteiger partial charge < -0.3 is 48.1 Å². The number of aromatic hydroxyl groups is 1. The first-order valence-electron chi connectivity index (χ1n) is 16.8. The van der Waals surface area contributed by atoms with Crippen molar-refractivity contribution in [3.05, 3.63) is 96.1 Å². The van der Waals surface area contributed by atoms with E-state index in [1.165, 1.54) is 24.7 Å². The lowest BCUT2D eigenvalue weighted by atomic mass is 10.0. The smallest absolute Gasteiger partial charge is 0.243 e. The van der Waals surface area contributed by atoms with Gasteiger partial charge in [-0.2, -0.15) is 0 Å². The first-order chi connectivity index (χ1) is 25.0. The summed E-state index contributed by atoms with van der Waals surface area (Å²) in [6.07, 6.45) is 3.37. The van der Waals surface area contributed by atoms with Gasteiger partial charge in [0, 0.05) is 37.7 Å². The third kappa shape index (κ3) is 10.5. The van der Waals surface area contributed by atoms with Crippen LogP contribution in [0.3, 0.4) is 0 Å². The van der Waals surface area contributed by atoms with Crippen LogP contribution in [0.15, 0.2) is 84.2 Å². The summed E-state index contributed by atoms with van der Waals surface area (Å²) >= 11 is 0. The van der Waals surface area contributed by atoms with Gasteiger partial charge >= 0.3 is 0 Å². The molecule has 52 heavy (non-hydrogen) atoms. The van der Waals surface area contributed by atoms with E-state index in [1.807, 2.05) is 42.5 Å². The molecule has 1 saturated heterocycles. The number of aromatic nitrogens is 2. The predicted molar refractivity (Wildman–Crippen MR) is 192 cm³/mol. The molecule has 0 spiro atoms. The molecule has 16 nitrogen and oxygen atoms in total. The fourth-order valence-corrected chi connectivity index (χ4v) is 5.84. The van der Waals surface area contributed by atoms with E-state index in [0.717, 1.165) is 16.3 Å². The third-order valence-corrected chi connectivity index (χ3v) is 8.53. The second-order valence-corrected chi connectivity index (χ2v) is 12.5. The molecule has 0 saturated carbocycles. The number of benzene rings is 3. The number of phenols is 1. The number of phenolic OH excluding ortho intramolecular Hbond substituents is 1. The number of nitrogens with two attached hydrogens (primary N) is 2. The lowest BCUT2D eigenvalue weighted by Gasteiger charge is -2.26. The van der Waals surface area contributed by atoms with Crippen molar-refractivity contribution in [2.45, 2.75) is 56.3 Å². The van der Waals surface area contributed by atoms with E-state index < -0.39 is 60.2 Å². The van der Waals surface area contributed by atoms with Gasteiger partial charge in [-0.25, -0.2) is 4.98 Å². The van der Waals surface area contributed by atoms with E-state index in [9.17, 15) is 29.1 Å². The molecule has 16 heteroatoms. The Balaban J connectivity index is 1.47. The van der Waals surface area contributed by atoms with Crippen molar-refractivity contribution < 1.29 is 29.1 Å². The molecule has 0 radical (unpaired) electrons. The number of carbonyl (C=O) groups excluding carboxylic acids is 5. The molecule has 1 fully saturated rings. The van der Waals surface area contributed by atoms with Gasteiger partial charge in [0.15, 0.2) is 5.96 Å². The standard InChI is InChI=1S/C36H42N10O6/c37-36(38)40-13-3-6-27-33(50)46-30(17-25-18-39-20-42-25)35(52)45-28(16-22-7-10-23-4-1-2-5-24(23)14-22)32(49)41-19-31(48)43-29(34(51)44-27)15-21-8-11-26(47)12-9-21/h1-2,4-5,7-12,14,18,20,27-30,47H,3,6,13,15-17,19H2,(H,39,42)(H,41,49)(H,43,48)(H,44,51)(H,45,52)(H,46,50)(H4,37,38,40)/t27-,28-,29+,30-/m0/s1. The fourth-order valence-electron chi connectivity index (χ4n) is 5.84. The minimum Gasteiger partial charge on any atom is -0.508 e. The van der Waals surface area contributed by atoms with Crippen molar-refractivity contribution in [1.29, 1.82) is 0 Å². The van der Waals surface area contributed by atoms with Crippen molar-refractivity contribution >= 4 is 46.3 Å². The van der Waals surface area contributed by atoms with Crippen LogP contribution in [0, 0.1) is 0 Å². The molecule has 4 aromatic rings. The summed E-state index contributed by atoms with van der Waals surface area (Å²) in [5.74, 6) is -3.47. The Labute approximate surface area is 299 Å². The summed E-state index contributed by atoms with van der Waals surface area (Å²) < 4.78 is 0. The molecular weight excluding hydrogens is 668 g/mol. The number of hydrogen-bond donors (Lipinski definition) is 9. The first-order valence-corrected chi connectivity index (χ1v) is 16.8. The number of rotatable bonds is 10. The number of fused-ring (bicyclic) bond motifs is 1. The quantitative estimate of drug-likeness (QED) is 0.0579. The number of carbonyl (C=O) groups is 5. The maximum absolute atomic E-state index is 14.0. The first kappa shape index (κ1) is 36.8. The fraction of sp³-hybridized carbons (Fsp3) is 0.306. The molecule has 1 aliphatic rings. The Hall–Kier alpha value is -6.45. The van der Waals surface area contributed by atoms with E-state index >= 15 is 0 Å². The lowest BCUT2D eigenvalue weighted by Crippen LogP contribution is -2.58. The molecule has 272 valence electrons. The van der Waals surface area contributed by atoms with Crippen LogP contribution in [-0.2, 0) is 43.2 Å². The summed E-state index contributed by atoms with van der Waals surface area (Å²) in [4.78, 5) is 79.5. The van der Waals surface area contributed by atoms with Gasteiger partial charge in [-0.3, -0.25) is 29.0 Å². The topological polar surface area (TPSA) is 259 Å². The van der Waals surface area contributed by atoms with Gasteiger partial charge in [0.25, 0.3) is 0 Å². The highest BCUT2D eigenvalue weighted by atomic mass is 16.3. The second-order valence-electron chi connectivity index (χ2n) is 12.5. The molecule has 0 aliphatic carbocycles. The van der Waals surface area contributed by atoms with Crippen molar-refractivity contribution in [2.75, 3.05) is 13.1 Å². The minimum absolute atomic E-state index is 0.00121. The zero-order chi connectivity index (χ0) is 37.0. The van der Waals surface area contributed by atoms with Crippen LogP contribution in [0.2, 0.25) is 0 Å². The molecule has 0 bridgehead atoms. The van der Waals surface area contributed by atoms with Gasteiger partial charge in [0.1, 0.15) is 29.9 Å². The number of aliphatic imine (C=N–C) groups is 1. The minimum atomic E-state index is -1.20. The normalized spacial score (nSPS) is 20.3. The number of H-pyrrole nitrogens is 1. The molecule has 1 aliphatic heterocycles. The number of amides is 5. The van der Waals surface area contributed by atoms with Crippen molar-refractivity contribution in [3.8, 4) is 5.75 Å². The molecular formula is C36H42N10O6. The Kier molecular flexibility index (Phi) is 12.4. The number of guanidine groups is 1. The lowest BCUT2D eigenvalue weighted by molar-refractivity contribution is -0.134. The molecule has 5 amide bonds. The zero-order valence-corrected chi connectivity index (χ0v) is 28.3. The molecule has 2 heterocycles. The van der Waals surface area contributed by atoms with Gasteiger partial charge in [-0.1, -0.05) is 54.6 Å². The number of nitrogens with zero attached hydrogens (tertiary/aromatic N) is 2. The Morgan fingerprint density at radius 3 is 2.04 bits per heavy atom. The van der Waals surface area contributed by atoms with Crippen LogP contribution in [0.25, 0.3) is 10.8 Å². The summed E-state index contributed by atoms with van der Waals surface area (Å²) in [7, 11) is 0. The summed E-state index contributed by atoms with van der Waals surface area (Å²) in [6.45, 7) is -0.336. The van der Waals surface area contributed by atoms with Crippen LogP contribution in [0.1, 0.15) is 29.7 Å². The zero-order valence-electron chi connectivity index (χ0n) is 28.3. The second kappa shape index (κ2) is 17.5. The number of nitrogens with one attached hydrogen (secondary N) is 6. The maximum atomic E-state index is 14.0. The van der Waals surface area contributed by atoms with Crippen molar-refractivity contribution in [3.63, 3.8) is 0 Å². The van der Waals surface area contributed by atoms with E-state index in [1.54, 1.807) is 12.1 Å². The SMILES string of the molecule is NC(N)=NCCC[C@@H]1NC(=O)[C@@H](Cc2ccc(O)cc2)NC(=O)CNC(=O)[C@H](Cc2ccc3ccccc3c2)NC(=O)[C@H](Cc2cnc[nH]2)NC1=O. The molecule has 3 aromatic carbocycles. The number of imidazole rings is 1. The van der Waals surface area contributed by atoms with Crippen molar-refractivity contribution in [2.24, 2.45) is 16.5 Å². The molecule has 4 atom stereocenters. The maximum Gasteiger partial charge on any atom is 0.243 e. The van der Waals surface area contributed by atoms with Crippen LogP contribution in [0.4, 0.5) is 0 Å². The van der Waals surface area contributed by atoms with Gasteiger partial charge in [-0.15, -0.1) is 0 Å². The van der Waals surface area contributed by atoms with E-state index in [-0.39, 0.29) is 50.4 Å². The average Bonchev–Trinajstić information content (AvgIpc) is 3.64. The monoisotopic (exact) mass is 710 g/mol. The Morgan fingerprint density at radius 2 is 1.35 bits per heavy atom. The van der Waals surface area contributed by atoms with Crippen LogP contribution >= 0.6 is 0 Å². The summed E-state index contributed by atoms with van der Waals surface area (Å²) in [6, 6.07) is 14.8. The highest BCUT2D eigenvalue weighted by molar-refractivity contribution is 5.97. The summed E-state index contributed by atoms with van der Waals surface area (Å²) in [5.41, 5.74) is 12.8. The van der Waals surface area contributed by atoms with Gasteiger partial charge in [-0.05, 0) is 46.9 Å². The van der Waals surface area contributed by atoms with E-state index in [0.29, 0.717) is 11.3 Å².